The van der Waals surface area contributed by atoms with Crippen molar-refractivity contribution in [3.63, 3.8) is 0 Å². The number of nitrogens with zero attached hydrogens (tertiary/aromatic N) is 2. The average Bonchev–Trinajstić information content (AvgIpc) is 2.64. The van der Waals surface area contributed by atoms with Crippen molar-refractivity contribution in [2.24, 2.45) is 5.73 Å². The average molecular weight is 423 g/mol. The molecule has 1 aliphatic heterocycles. The molecule has 0 bridgehead atoms. The third-order valence-corrected chi connectivity index (χ3v) is 4.91. The minimum atomic E-state index is -4.66. The van der Waals surface area contributed by atoms with Crippen LogP contribution in [0, 0.1) is 6.92 Å². The SMILES string of the molecule is Cc1cccc(NC2=C(N)C(C)N(C(=O)c3cccc(C(F)(F)F)c3Cl)C=C2)n1. The van der Waals surface area contributed by atoms with Crippen molar-refractivity contribution in [3.8, 4) is 0 Å². The highest BCUT2D eigenvalue weighted by molar-refractivity contribution is 6.34. The molecule has 0 aliphatic carbocycles. The van der Waals surface area contributed by atoms with Crippen molar-refractivity contribution < 1.29 is 18.0 Å². The van der Waals surface area contributed by atoms with Gasteiger partial charge in [-0.1, -0.05) is 23.7 Å². The second kappa shape index (κ2) is 7.79. The van der Waals surface area contributed by atoms with E-state index in [1.807, 2.05) is 19.1 Å². The number of carbonyl (C=O) groups excluding carboxylic acids is 1. The van der Waals surface area contributed by atoms with Crippen molar-refractivity contribution in [3.05, 3.63) is 81.9 Å². The molecule has 3 rings (SSSR count). The van der Waals surface area contributed by atoms with E-state index in [0.717, 1.165) is 17.8 Å². The lowest BCUT2D eigenvalue weighted by Gasteiger charge is -2.31. The highest BCUT2D eigenvalue weighted by Gasteiger charge is 2.36. The number of nitrogens with one attached hydrogen (secondary N) is 1. The molecule has 0 radical (unpaired) electrons. The smallest absolute Gasteiger partial charge is 0.399 e. The maximum absolute atomic E-state index is 13.1. The van der Waals surface area contributed by atoms with Gasteiger partial charge in [0.05, 0.1) is 33.6 Å². The van der Waals surface area contributed by atoms with E-state index in [0.29, 0.717) is 17.2 Å². The van der Waals surface area contributed by atoms with Crippen molar-refractivity contribution in [1.29, 1.82) is 0 Å². The number of halogens is 4. The van der Waals surface area contributed by atoms with Crippen LogP contribution in [0.5, 0.6) is 0 Å². The molecule has 5 nitrogen and oxygen atoms in total. The molecule has 9 heteroatoms. The first-order valence-corrected chi connectivity index (χ1v) is 9.04. The Balaban J connectivity index is 1.87. The minimum absolute atomic E-state index is 0.248. The molecule has 0 saturated heterocycles. The third-order valence-electron chi connectivity index (χ3n) is 4.50. The second-order valence-electron chi connectivity index (χ2n) is 6.53. The second-order valence-corrected chi connectivity index (χ2v) is 6.91. The molecule has 0 fully saturated rings. The molecule has 1 aliphatic rings. The van der Waals surface area contributed by atoms with Crippen molar-refractivity contribution >= 4 is 23.3 Å². The summed E-state index contributed by atoms with van der Waals surface area (Å²) in [6.45, 7) is 3.52. The number of nitrogens with two attached hydrogens (primary N) is 1. The first kappa shape index (κ1) is 20.7. The van der Waals surface area contributed by atoms with E-state index in [9.17, 15) is 18.0 Å². The van der Waals surface area contributed by atoms with Gasteiger partial charge in [0.2, 0.25) is 0 Å². The highest BCUT2D eigenvalue weighted by Crippen LogP contribution is 2.37. The van der Waals surface area contributed by atoms with Crippen LogP contribution >= 0.6 is 11.6 Å². The number of aryl methyl sites for hydroxylation is 1. The summed E-state index contributed by atoms with van der Waals surface area (Å²) in [4.78, 5) is 18.5. The summed E-state index contributed by atoms with van der Waals surface area (Å²) < 4.78 is 39.3. The number of benzene rings is 1. The molecule has 0 saturated carbocycles. The zero-order valence-electron chi connectivity index (χ0n) is 15.6. The summed E-state index contributed by atoms with van der Waals surface area (Å²) in [6.07, 6.45) is -1.63. The summed E-state index contributed by atoms with van der Waals surface area (Å²) in [5.74, 6) is -0.0963. The predicted octanol–water partition coefficient (Wildman–Crippen LogP) is 4.70. The van der Waals surface area contributed by atoms with Crippen molar-refractivity contribution in [1.82, 2.24) is 9.88 Å². The number of anilines is 1. The summed E-state index contributed by atoms with van der Waals surface area (Å²) >= 11 is 5.89. The Labute approximate surface area is 170 Å². The molecule has 1 aromatic heterocycles. The van der Waals surface area contributed by atoms with Gasteiger partial charge >= 0.3 is 6.18 Å². The van der Waals surface area contributed by atoms with Crippen LogP contribution in [-0.2, 0) is 6.18 Å². The fraction of sp³-hybridized carbons (Fsp3) is 0.200. The quantitative estimate of drug-likeness (QED) is 0.752. The van der Waals surface area contributed by atoms with Gasteiger partial charge in [-0.15, -0.1) is 0 Å². The Kier molecular flexibility index (Phi) is 5.57. The van der Waals surface area contributed by atoms with E-state index in [4.69, 9.17) is 17.3 Å². The minimum Gasteiger partial charge on any atom is -0.399 e. The zero-order chi connectivity index (χ0) is 21.3. The molecule has 2 aromatic rings. The van der Waals surface area contributed by atoms with E-state index < -0.39 is 28.7 Å². The number of hydrogen-bond acceptors (Lipinski definition) is 4. The van der Waals surface area contributed by atoms with Crippen molar-refractivity contribution in [2.75, 3.05) is 5.32 Å². The Bertz CT molecular complexity index is 1020. The maximum atomic E-state index is 13.1. The highest BCUT2D eigenvalue weighted by atomic mass is 35.5. The first-order chi connectivity index (χ1) is 13.6. The molecule has 29 heavy (non-hydrogen) atoms. The molecular weight excluding hydrogens is 405 g/mol. The van der Waals surface area contributed by atoms with E-state index in [-0.39, 0.29) is 5.56 Å². The molecule has 1 aromatic carbocycles. The van der Waals surface area contributed by atoms with Crippen LogP contribution in [0.3, 0.4) is 0 Å². The summed E-state index contributed by atoms with van der Waals surface area (Å²) in [6, 6.07) is 8.08. The number of allylic oxidation sites excluding steroid dienone is 1. The van der Waals surface area contributed by atoms with Gasteiger partial charge in [0, 0.05) is 11.9 Å². The molecule has 1 amide bonds. The molecular formula is C20H18ClF3N4O. The molecule has 2 heterocycles. The Morgan fingerprint density at radius 1 is 1.24 bits per heavy atom. The molecule has 152 valence electrons. The standard InChI is InChI=1S/C20H18ClF3N4O/c1-11-5-3-8-16(26-11)27-15-9-10-28(12(2)18(15)25)19(29)13-6-4-7-14(17(13)21)20(22,23)24/h3-10,12H,25H2,1-2H3,(H,26,27). The predicted molar refractivity (Wildman–Crippen MR) is 105 cm³/mol. The number of carbonyl (C=O) groups is 1. The van der Waals surface area contributed by atoms with Crippen LogP contribution in [0.25, 0.3) is 0 Å². The van der Waals surface area contributed by atoms with Gasteiger partial charge in [-0.25, -0.2) is 4.98 Å². The number of alkyl halides is 3. The van der Waals surface area contributed by atoms with Crippen LogP contribution < -0.4 is 11.1 Å². The fourth-order valence-electron chi connectivity index (χ4n) is 2.92. The maximum Gasteiger partial charge on any atom is 0.417 e. The van der Waals surface area contributed by atoms with E-state index in [1.165, 1.54) is 17.2 Å². The summed E-state index contributed by atoms with van der Waals surface area (Å²) in [5, 5.41) is 2.45. The van der Waals surface area contributed by atoms with Crippen LogP contribution in [-0.4, -0.2) is 21.8 Å². The number of aromatic nitrogens is 1. The van der Waals surface area contributed by atoms with Crippen LogP contribution in [0.4, 0.5) is 19.0 Å². The fourth-order valence-corrected chi connectivity index (χ4v) is 3.23. The summed E-state index contributed by atoms with van der Waals surface area (Å²) in [7, 11) is 0. The molecule has 1 unspecified atom stereocenters. The summed E-state index contributed by atoms with van der Waals surface area (Å²) in [5.41, 5.74) is 6.58. The van der Waals surface area contributed by atoms with Gasteiger partial charge in [-0.3, -0.25) is 4.79 Å². The normalized spacial score (nSPS) is 16.9. The lowest BCUT2D eigenvalue weighted by atomic mass is 10.0. The van der Waals surface area contributed by atoms with Gasteiger partial charge < -0.3 is 16.0 Å². The van der Waals surface area contributed by atoms with Crippen molar-refractivity contribution in [2.45, 2.75) is 26.1 Å². The van der Waals surface area contributed by atoms with Gasteiger partial charge in [0.15, 0.2) is 0 Å². The van der Waals surface area contributed by atoms with E-state index in [1.54, 1.807) is 19.1 Å². The number of rotatable bonds is 3. The van der Waals surface area contributed by atoms with Crippen LogP contribution in [0.1, 0.15) is 28.5 Å². The van der Waals surface area contributed by atoms with E-state index >= 15 is 0 Å². The number of pyridine rings is 1. The first-order valence-electron chi connectivity index (χ1n) is 8.66. The Hall–Kier alpha value is -3.00. The number of amides is 1. The lowest BCUT2D eigenvalue weighted by molar-refractivity contribution is -0.137. The Morgan fingerprint density at radius 2 is 1.93 bits per heavy atom. The van der Waals surface area contributed by atoms with Crippen LogP contribution in [0.2, 0.25) is 5.02 Å². The topological polar surface area (TPSA) is 71.2 Å². The van der Waals surface area contributed by atoms with E-state index in [2.05, 4.69) is 10.3 Å². The van der Waals surface area contributed by atoms with Gasteiger partial charge in [0.25, 0.3) is 5.91 Å². The monoisotopic (exact) mass is 422 g/mol. The zero-order valence-corrected chi connectivity index (χ0v) is 16.3. The Morgan fingerprint density at radius 3 is 2.59 bits per heavy atom. The van der Waals surface area contributed by atoms with Gasteiger partial charge in [0.1, 0.15) is 5.82 Å². The molecule has 1 atom stereocenters. The third kappa shape index (κ3) is 4.22. The van der Waals surface area contributed by atoms with Crippen LogP contribution in [0.15, 0.2) is 60.1 Å². The molecule has 3 N–H and O–H groups in total. The lowest BCUT2D eigenvalue weighted by Crippen LogP contribution is -2.41. The van der Waals surface area contributed by atoms with Gasteiger partial charge in [-0.05, 0) is 44.2 Å². The largest absolute Gasteiger partial charge is 0.417 e. The van der Waals surface area contributed by atoms with Gasteiger partial charge in [-0.2, -0.15) is 13.2 Å². The molecule has 0 spiro atoms. The number of hydrogen-bond donors (Lipinski definition) is 2.